The lowest BCUT2D eigenvalue weighted by Gasteiger charge is -2.05. The molecule has 0 bridgehead atoms. The fourth-order valence-corrected chi connectivity index (χ4v) is 3.12. The molecular weight excluding hydrogens is 332 g/mol. The molecule has 0 aliphatic carbocycles. The van der Waals surface area contributed by atoms with E-state index in [2.05, 4.69) is 68.4 Å². The van der Waals surface area contributed by atoms with E-state index in [-0.39, 0.29) is 0 Å². The minimum atomic E-state index is 0.753. The second-order valence-corrected chi connectivity index (χ2v) is 7.07. The molecule has 0 radical (unpaired) electrons. The number of azo groups is 1. The van der Waals surface area contributed by atoms with Crippen molar-refractivity contribution >= 4 is 17.2 Å². The van der Waals surface area contributed by atoms with Gasteiger partial charge in [-0.1, -0.05) is 41.5 Å². The molecule has 0 fully saturated rings. The molecule has 27 heavy (non-hydrogen) atoms. The zero-order chi connectivity index (χ0) is 19.0. The van der Waals surface area contributed by atoms with Crippen molar-refractivity contribution < 1.29 is 0 Å². The summed E-state index contributed by atoms with van der Waals surface area (Å²) < 4.78 is 2.02. The van der Waals surface area contributed by atoms with Crippen LogP contribution in [0.2, 0.25) is 0 Å². The van der Waals surface area contributed by atoms with Crippen LogP contribution in [0.4, 0.5) is 11.5 Å². The van der Waals surface area contributed by atoms with Crippen LogP contribution < -0.4 is 0 Å². The largest absolute Gasteiger partial charge is 0.282 e. The van der Waals surface area contributed by atoms with E-state index >= 15 is 0 Å². The van der Waals surface area contributed by atoms with Crippen molar-refractivity contribution in [3.05, 3.63) is 83.0 Å². The number of rotatable bonds is 3. The fourth-order valence-electron chi connectivity index (χ4n) is 3.12. The molecule has 0 aliphatic rings. The molecule has 2 aromatic carbocycles. The summed E-state index contributed by atoms with van der Waals surface area (Å²) in [6.07, 6.45) is 2.06. The number of aryl methyl sites for hydroxylation is 4. The third-order valence-electron chi connectivity index (χ3n) is 4.68. The first-order chi connectivity index (χ1) is 13.0. The molecule has 4 rings (SSSR count). The summed E-state index contributed by atoms with van der Waals surface area (Å²) in [5.41, 5.74) is 8.38. The first-order valence-corrected chi connectivity index (χ1v) is 9.06. The Kier molecular flexibility index (Phi) is 4.32. The van der Waals surface area contributed by atoms with Crippen LogP contribution in [0.3, 0.4) is 0 Å². The highest BCUT2D eigenvalue weighted by Crippen LogP contribution is 2.34. The van der Waals surface area contributed by atoms with E-state index in [0.717, 1.165) is 34.0 Å². The first-order valence-electron chi connectivity index (χ1n) is 9.06. The van der Waals surface area contributed by atoms with Gasteiger partial charge in [-0.25, -0.2) is 4.98 Å². The van der Waals surface area contributed by atoms with Crippen molar-refractivity contribution in [1.82, 2.24) is 9.38 Å². The van der Waals surface area contributed by atoms with Gasteiger partial charge in [-0.2, -0.15) is 0 Å². The van der Waals surface area contributed by atoms with Gasteiger partial charge in [-0.3, -0.25) is 4.40 Å². The molecule has 0 atom stereocenters. The number of imidazole rings is 1. The van der Waals surface area contributed by atoms with Crippen molar-refractivity contribution in [3.8, 4) is 11.3 Å². The van der Waals surface area contributed by atoms with Crippen LogP contribution in [0.25, 0.3) is 16.9 Å². The molecule has 0 N–H and O–H groups in total. The molecule has 0 saturated carbocycles. The maximum absolute atomic E-state index is 4.86. The van der Waals surface area contributed by atoms with Gasteiger partial charge in [-0.15, -0.1) is 10.2 Å². The Labute approximate surface area is 159 Å². The van der Waals surface area contributed by atoms with Crippen molar-refractivity contribution in [2.75, 3.05) is 0 Å². The van der Waals surface area contributed by atoms with Gasteiger partial charge < -0.3 is 0 Å². The van der Waals surface area contributed by atoms with Gasteiger partial charge in [0.15, 0.2) is 5.82 Å². The second-order valence-electron chi connectivity index (χ2n) is 7.07. The zero-order valence-corrected chi connectivity index (χ0v) is 16.1. The van der Waals surface area contributed by atoms with Gasteiger partial charge in [0.05, 0.1) is 5.69 Å². The average molecular weight is 354 g/mol. The SMILES string of the molecule is Cc1ccc(N=Nc2c(-c3cc(C)ccc3C)nc3ccc(C)cn23)cc1. The Balaban J connectivity index is 1.92. The summed E-state index contributed by atoms with van der Waals surface area (Å²) in [6.45, 7) is 8.33. The number of hydrogen-bond acceptors (Lipinski definition) is 3. The third kappa shape index (κ3) is 3.38. The quantitative estimate of drug-likeness (QED) is 0.380. The van der Waals surface area contributed by atoms with Crippen molar-refractivity contribution in [2.24, 2.45) is 10.2 Å². The average Bonchev–Trinajstić information content (AvgIpc) is 3.01. The summed E-state index contributed by atoms with van der Waals surface area (Å²) in [6, 6.07) is 18.5. The molecule has 0 aliphatic heterocycles. The van der Waals surface area contributed by atoms with E-state index in [1.807, 2.05) is 34.7 Å². The lowest BCUT2D eigenvalue weighted by Crippen LogP contribution is -1.86. The topological polar surface area (TPSA) is 42.0 Å². The van der Waals surface area contributed by atoms with Gasteiger partial charge in [-0.05, 0) is 63.1 Å². The van der Waals surface area contributed by atoms with Crippen LogP contribution in [-0.2, 0) is 0 Å². The zero-order valence-electron chi connectivity index (χ0n) is 16.1. The first kappa shape index (κ1) is 17.2. The molecule has 2 aromatic heterocycles. The number of hydrogen-bond donors (Lipinski definition) is 0. The summed E-state index contributed by atoms with van der Waals surface area (Å²) in [7, 11) is 0. The highest BCUT2D eigenvalue weighted by molar-refractivity contribution is 5.77. The number of fused-ring (bicyclic) bond motifs is 1. The predicted octanol–water partition coefficient (Wildman–Crippen LogP) is 6.65. The smallest absolute Gasteiger partial charge is 0.187 e. The van der Waals surface area contributed by atoms with Crippen LogP contribution in [-0.4, -0.2) is 9.38 Å². The van der Waals surface area contributed by atoms with Gasteiger partial charge in [0, 0.05) is 11.8 Å². The molecule has 0 saturated heterocycles. The lowest BCUT2D eigenvalue weighted by molar-refractivity contribution is 1.09. The van der Waals surface area contributed by atoms with Gasteiger partial charge in [0.25, 0.3) is 0 Å². The molecule has 2 heterocycles. The predicted molar refractivity (Wildman–Crippen MR) is 110 cm³/mol. The van der Waals surface area contributed by atoms with E-state index in [4.69, 9.17) is 4.98 Å². The monoisotopic (exact) mass is 354 g/mol. The maximum Gasteiger partial charge on any atom is 0.187 e. The Morgan fingerprint density at radius 3 is 2.22 bits per heavy atom. The fraction of sp³-hybridized carbons (Fsp3) is 0.174. The van der Waals surface area contributed by atoms with Gasteiger partial charge in [0.2, 0.25) is 0 Å². The van der Waals surface area contributed by atoms with Crippen LogP contribution in [0.5, 0.6) is 0 Å². The second kappa shape index (κ2) is 6.80. The number of aromatic nitrogens is 2. The van der Waals surface area contributed by atoms with Crippen LogP contribution >= 0.6 is 0 Å². The van der Waals surface area contributed by atoms with E-state index in [1.54, 1.807) is 0 Å². The molecule has 0 amide bonds. The highest BCUT2D eigenvalue weighted by Gasteiger charge is 2.16. The van der Waals surface area contributed by atoms with E-state index < -0.39 is 0 Å². The molecule has 134 valence electrons. The van der Waals surface area contributed by atoms with Crippen LogP contribution in [0.1, 0.15) is 22.3 Å². The van der Waals surface area contributed by atoms with Crippen molar-refractivity contribution in [2.45, 2.75) is 27.7 Å². The highest BCUT2D eigenvalue weighted by atomic mass is 15.2. The molecule has 4 heteroatoms. The van der Waals surface area contributed by atoms with Crippen LogP contribution in [0.15, 0.2) is 71.0 Å². The summed E-state index contributed by atoms with van der Waals surface area (Å²) in [5, 5.41) is 9.08. The standard InChI is InChI=1S/C23H22N4/c1-15-6-10-19(11-7-15)25-26-23-22(20-13-16(2)5-9-18(20)4)24-21-12-8-17(3)14-27(21)23/h5-14H,1-4H3. The molecule has 0 spiro atoms. The summed E-state index contributed by atoms with van der Waals surface area (Å²) in [5.74, 6) is 0.753. The minimum absolute atomic E-state index is 0.753. The molecule has 4 aromatic rings. The van der Waals surface area contributed by atoms with Gasteiger partial charge >= 0.3 is 0 Å². The normalized spacial score (nSPS) is 11.6. The van der Waals surface area contributed by atoms with Gasteiger partial charge in [0.1, 0.15) is 11.3 Å². The molecular formula is C23H22N4. The summed E-state index contributed by atoms with van der Waals surface area (Å²) >= 11 is 0. The Hall–Kier alpha value is -3.27. The van der Waals surface area contributed by atoms with Crippen molar-refractivity contribution in [1.29, 1.82) is 0 Å². The lowest BCUT2D eigenvalue weighted by atomic mass is 10.0. The number of benzene rings is 2. The molecule has 4 nitrogen and oxygen atoms in total. The Bertz CT molecular complexity index is 1150. The van der Waals surface area contributed by atoms with Crippen molar-refractivity contribution in [3.63, 3.8) is 0 Å². The minimum Gasteiger partial charge on any atom is -0.282 e. The van der Waals surface area contributed by atoms with E-state index in [0.29, 0.717) is 0 Å². The number of pyridine rings is 1. The summed E-state index contributed by atoms with van der Waals surface area (Å²) in [4.78, 5) is 4.86. The van der Waals surface area contributed by atoms with Crippen LogP contribution in [0, 0.1) is 27.7 Å². The van der Waals surface area contributed by atoms with E-state index in [1.165, 1.54) is 16.7 Å². The third-order valence-corrected chi connectivity index (χ3v) is 4.68. The molecule has 0 unspecified atom stereocenters. The Morgan fingerprint density at radius 1 is 0.741 bits per heavy atom. The van der Waals surface area contributed by atoms with E-state index in [9.17, 15) is 0 Å². The maximum atomic E-state index is 4.86. The Morgan fingerprint density at radius 2 is 1.44 bits per heavy atom. The number of nitrogens with zero attached hydrogens (tertiary/aromatic N) is 4.